The largest absolute Gasteiger partial charge is 0.383 e. The van der Waals surface area contributed by atoms with E-state index in [1.807, 2.05) is 4.57 Å². The van der Waals surface area contributed by atoms with Crippen LogP contribution in [0.15, 0.2) is 6.33 Å². The fourth-order valence-corrected chi connectivity index (χ4v) is 1.52. The Kier molecular flexibility index (Phi) is 6.60. The Morgan fingerprint density at radius 1 is 1.38 bits per heavy atom. The van der Waals surface area contributed by atoms with Gasteiger partial charge in [-0.25, -0.2) is 4.79 Å². The number of likely N-dealkylation sites (N-methyl/N-ethyl adjacent to an activating group) is 1. The lowest BCUT2D eigenvalue weighted by Crippen LogP contribution is -2.42. The van der Waals surface area contributed by atoms with Crippen molar-refractivity contribution in [2.45, 2.75) is 13.1 Å². The maximum atomic E-state index is 11.9. The zero-order chi connectivity index (χ0) is 15.8. The number of urea groups is 1. The Morgan fingerprint density at radius 2 is 2.10 bits per heavy atom. The third-order valence-corrected chi connectivity index (χ3v) is 2.83. The Morgan fingerprint density at radius 3 is 2.71 bits per heavy atom. The Labute approximate surface area is 123 Å². The van der Waals surface area contributed by atoms with Gasteiger partial charge in [-0.1, -0.05) is 0 Å². The molecule has 0 bridgehead atoms. The summed E-state index contributed by atoms with van der Waals surface area (Å²) in [4.78, 5) is 26.2. The van der Waals surface area contributed by atoms with Crippen molar-refractivity contribution in [2.24, 2.45) is 0 Å². The van der Waals surface area contributed by atoms with Gasteiger partial charge < -0.3 is 24.4 Å². The third kappa shape index (κ3) is 5.38. The molecule has 0 spiro atoms. The molecule has 0 fully saturated rings. The molecule has 0 aliphatic rings. The lowest BCUT2D eigenvalue weighted by molar-refractivity contribution is -0.129. The molecule has 0 saturated carbocycles. The van der Waals surface area contributed by atoms with Gasteiger partial charge in [0.25, 0.3) is 0 Å². The van der Waals surface area contributed by atoms with Crippen LogP contribution in [0.3, 0.4) is 0 Å². The molecule has 0 radical (unpaired) electrons. The number of methoxy groups -OCH3 is 1. The second-order valence-electron chi connectivity index (χ2n) is 4.74. The number of carbonyl (C=O) groups is 2. The zero-order valence-electron chi connectivity index (χ0n) is 12.9. The van der Waals surface area contributed by atoms with Crippen LogP contribution in [0.4, 0.5) is 4.79 Å². The number of amides is 3. The van der Waals surface area contributed by atoms with Crippen LogP contribution in [0.25, 0.3) is 0 Å². The summed E-state index contributed by atoms with van der Waals surface area (Å²) in [5, 5.41) is 10.3. The number of nitrogens with zero attached hydrogens (tertiary/aromatic N) is 5. The van der Waals surface area contributed by atoms with E-state index in [1.54, 1.807) is 34.6 Å². The molecule has 118 valence electrons. The van der Waals surface area contributed by atoms with Crippen LogP contribution in [0, 0.1) is 0 Å². The smallest absolute Gasteiger partial charge is 0.317 e. The molecule has 1 aromatic rings. The highest BCUT2D eigenvalue weighted by Crippen LogP contribution is 2.00. The Balaban J connectivity index is 2.48. The number of hydrogen-bond donors (Lipinski definition) is 1. The molecule has 0 atom stereocenters. The molecule has 3 amide bonds. The molecule has 0 aromatic carbocycles. The highest BCUT2D eigenvalue weighted by molar-refractivity contribution is 5.83. The number of ether oxygens (including phenoxy) is 1. The van der Waals surface area contributed by atoms with Gasteiger partial charge in [-0.3, -0.25) is 4.79 Å². The summed E-state index contributed by atoms with van der Waals surface area (Å²) >= 11 is 0. The van der Waals surface area contributed by atoms with E-state index in [0.29, 0.717) is 25.5 Å². The van der Waals surface area contributed by atoms with Crippen molar-refractivity contribution in [2.75, 3.05) is 41.4 Å². The van der Waals surface area contributed by atoms with Crippen molar-refractivity contribution >= 4 is 11.9 Å². The SMILES string of the molecule is COCCn1cnnc1CN(C)C(=O)CNC(=O)N(C)C. The third-order valence-electron chi connectivity index (χ3n) is 2.83. The average Bonchev–Trinajstić information content (AvgIpc) is 2.88. The maximum Gasteiger partial charge on any atom is 0.317 e. The van der Waals surface area contributed by atoms with Crippen LogP contribution in [-0.4, -0.2) is 77.9 Å². The Bertz CT molecular complexity index is 473. The number of rotatable bonds is 7. The molecule has 0 aliphatic heterocycles. The molecule has 1 aromatic heterocycles. The zero-order valence-corrected chi connectivity index (χ0v) is 12.9. The van der Waals surface area contributed by atoms with E-state index in [2.05, 4.69) is 15.5 Å². The lowest BCUT2D eigenvalue weighted by Gasteiger charge is -2.18. The van der Waals surface area contributed by atoms with Crippen molar-refractivity contribution < 1.29 is 14.3 Å². The number of carbonyl (C=O) groups excluding carboxylic acids is 2. The van der Waals surface area contributed by atoms with Gasteiger partial charge in [-0.15, -0.1) is 10.2 Å². The lowest BCUT2D eigenvalue weighted by atomic mass is 10.4. The van der Waals surface area contributed by atoms with Gasteiger partial charge in [0.15, 0.2) is 5.82 Å². The van der Waals surface area contributed by atoms with Crippen molar-refractivity contribution in [1.82, 2.24) is 29.9 Å². The van der Waals surface area contributed by atoms with Crippen LogP contribution < -0.4 is 5.32 Å². The standard InChI is InChI=1S/C12H22N6O3/c1-16(2)12(20)13-7-11(19)17(3)8-10-15-14-9-18(10)5-6-21-4/h9H,5-8H2,1-4H3,(H,13,20). The quantitative estimate of drug-likeness (QED) is 0.708. The fourth-order valence-electron chi connectivity index (χ4n) is 1.52. The van der Waals surface area contributed by atoms with Crippen LogP contribution in [-0.2, 0) is 22.6 Å². The first-order valence-corrected chi connectivity index (χ1v) is 6.50. The van der Waals surface area contributed by atoms with Crippen molar-refractivity contribution in [3.05, 3.63) is 12.2 Å². The average molecular weight is 298 g/mol. The predicted molar refractivity (Wildman–Crippen MR) is 75.5 cm³/mol. The maximum absolute atomic E-state index is 11.9. The molecular weight excluding hydrogens is 276 g/mol. The fraction of sp³-hybridized carbons (Fsp3) is 0.667. The minimum atomic E-state index is -0.306. The Hall–Kier alpha value is -2.16. The summed E-state index contributed by atoms with van der Waals surface area (Å²) in [5.74, 6) is 0.466. The van der Waals surface area contributed by atoms with Gasteiger partial charge in [0, 0.05) is 34.8 Å². The molecule has 21 heavy (non-hydrogen) atoms. The highest BCUT2D eigenvalue weighted by atomic mass is 16.5. The van der Waals surface area contributed by atoms with Crippen molar-refractivity contribution in [1.29, 1.82) is 0 Å². The van der Waals surface area contributed by atoms with E-state index in [0.717, 1.165) is 0 Å². The topological polar surface area (TPSA) is 92.6 Å². The highest BCUT2D eigenvalue weighted by Gasteiger charge is 2.14. The van der Waals surface area contributed by atoms with Crippen LogP contribution >= 0.6 is 0 Å². The summed E-state index contributed by atoms with van der Waals surface area (Å²) in [6.45, 7) is 1.43. The summed E-state index contributed by atoms with van der Waals surface area (Å²) < 4.78 is 6.83. The molecule has 1 N–H and O–H groups in total. The van der Waals surface area contributed by atoms with Gasteiger partial charge in [0.1, 0.15) is 6.33 Å². The molecule has 9 nitrogen and oxygen atoms in total. The molecule has 0 saturated heterocycles. The summed E-state index contributed by atoms with van der Waals surface area (Å²) in [6, 6.07) is -0.306. The van der Waals surface area contributed by atoms with Gasteiger partial charge in [-0.05, 0) is 0 Å². The van der Waals surface area contributed by atoms with Crippen LogP contribution in [0.5, 0.6) is 0 Å². The van der Waals surface area contributed by atoms with Crippen molar-refractivity contribution in [3.63, 3.8) is 0 Å². The van der Waals surface area contributed by atoms with E-state index >= 15 is 0 Å². The van der Waals surface area contributed by atoms with Crippen molar-refractivity contribution in [3.8, 4) is 0 Å². The monoisotopic (exact) mass is 298 g/mol. The normalized spacial score (nSPS) is 10.3. The van der Waals surface area contributed by atoms with E-state index in [1.165, 1.54) is 9.80 Å². The summed E-state index contributed by atoms with van der Waals surface area (Å²) in [7, 11) is 6.50. The first kappa shape index (κ1) is 16.9. The summed E-state index contributed by atoms with van der Waals surface area (Å²) in [5.41, 5.74) is 0. The minimum absolute atomic E-state index is 0.0558. The number of aromatic nitrogens is 3. The molecule has 0 unspecified atom stereocenters. The van der Waals surface area contributed by atoms with Crippen LogP contribution in [0.1, 0.15) is 5.82 Å². The number of hydrogen-bond acceptors (Lipinski definition) is 5. The molecule has 1 rings (SSSR count). The molecule has 0 aliphatic carbocycles. The second kappa shape index (κ2) is 8.20. The molecule has 9 heteroatoms. The van der Waals surface area contributed by atoms with Crippen LogP contribution in [0.2, 0.25) is 0 Å². The second-order valence-corrected chi connectivity index (χ2v) is 4.74. The summed E-state index contributed by atoms with van der Waals surface area (Å²) in [6.07, 6.45) is 1.60. The number of nitrogens with one attached hydrogen (secondary N) is 1. The first-order valence-electron chi connectivity index (χ1n) is 6.50. The van der Waals surface area contributed by atoms with E-state index < -0.39 is 0 Å². The van der Waals surface area contributed by atoms with Gasteiger partial charge >= 0.3 is 6.03 Å². The van der Waals surface area contributed by atoms with Gasteiger partial charge in [0.05, 0.1) is 19.7 Å². The minimum Gasteiger partial charge on any atom is -0.383 e. The predicted octanol–water partition coefficient (Wildman–Crippen LogP) is -0.846. The van der Waals surface area contributed by atoms with Gasteiger partial charge in [0.2, 0.25) is 5.91 Å². The molecular formula is C12H22N6O3. The molecule has 1 heterocycles. The first-order chi connectivity index (χ1) is 9.95. The van der Waals surface area contributed by atoms with Gasteiger partial charge in [-0.2, -0.15) is 0 Å². The van der Waals surface area contributed by atoms with E-state index in [-0.39, 0.29) is 18.5 Å². The van der Waals surface area contributed by atoms with E-state index in [9.17, 15) is 9.59 Å². The van der Waals surface area contributed by atoms with E-state index in [4.69, 9.17) is 4.74 Å².